The largest absolute Gasteiger partial charge is 0.470 e. The molecule has 0 aliphatic heterocycles. The number of hydrogen-bond donors (Lipinski definition) is 16. The van der Waals surface area contributed by atoms with E-state index in [0.717, 1.165) is 0 Å². The smallest absolute Gasteiger partial charge is 0.383 e. The number of phosphoric acid groups is 8. The molecule has 2 fully saturated rings. The second kappa shape index (κ2) is 31.5. The molecule has 2 rings (SSSR count). The SMILES string of the molecule is [B]C([B])(COCC([B])([B])OC1[C@@H](OP(=O)(O)O)[C@H](OP(=O)(O)O)C(OP(=O)(O)O)[C@H](OP(=O)(O)O)[C@H]1OP(=O)(O)O)OC1[C@@H](OP(=O)(O)O)[C@H](OCCO[C@H](C)COC)C(OP(=O)(O)O)[C@H](OCCOC(C)COC)[C@H]1OP(=O)(O)O. The van der Waals surface area contributed by atoms with Crippen molar-refractivity contribution in [1.82, 2.24) is 0 Å². The third kappa shape index (κ3) is 31.2. The lowest BCUT2D eigenvalue weighted by Gasteiger charge is -2.51. The van der Waals surface area contributed by atoms with Crippen LogP contribution in [0, 0.1) is 0 Å². The van der Waals surface area contributed by atoms with Crippen LogP contribution in [-0.2, 0) is 115 Å². The van der Waals surface area contributed by atoms with E-state index in [9.17, 15) is 115 Å². The Morgan fingerprint density at radius 2 is 0.543 bits per heavy atom. The fourth-order valence-corrected chi connectivity index (χ4v) is 12.0. The first-order chi connectivity index (χ1) is 36.3. The molecule has 468 valence electrons. The van der Waals surface area contributed by atoms with Gasteiger partial charge in [0.2, 0.25) is 0 Å². The van der Waals surface area contributed by atoms with Crippen LogP contribution in [0.3, 0.4) is 0 Å². The molecule has 0 aromatic carbocycles. The van der Waals surface area contributed by atoms with Crippen molar-refractivity contribution in [2.45, 2.75) is 110 Å². The minimum atomic E-state index is -6.28. The van der Waals surface area contributed by atoms with Crippen LogP contribution < -0.4 is 0 Å². The predicted molar refractivity (Wildman–Crippen MR) is 258 cm³/mol. The summed E-state index contributed by atoms with van der Waals surface area (Å²) in [5.74, 6) is 0. The summed E-state index contributed by atoms with van der Waals surface area (Å²) in [6.07, 6.45) is -36.1. The monoisotopic (exact) mass is 1340 g/mol. The molecule has 53 heteroatoms. The zero-order chi connectivity index (χ0) is 62.8. The molecule has 41 nitrogen and oxygen atoms in total. The first kappa shape index (κ1) is 77.9. The normalized spacial score (nSPS) is 28.0. The van der Waals surface area contributed by atoms with E-state index < -0.39 is 198 Å². The number of ether oxygens (including phenoxy) is 9. The molecule has 2 saturated carbocycles. The van der Waals surface area contributed by atoms with Crippen molar-refractivity contribution in [3.05, 3.63) is 0 Å². The average Bonchev–Trinajstić information content (AvgIpc) is 3.21. The molecule has 8 radical (unpaired) electrons. The van der Waals surface area contributed by atoms with Crippen molar-refractivity contribution in [3.8, 4) is 0 Å². The Morgan fingerprint density at radius 1 is 0.346 bits per heavy atom. The Bertz CT molecular complexity index is 2230. The maximum Gasteiger partial charge on any atom is 0.470 e. The van der Waals surface area contributed by atoms with Gasteiger partial charge in [0.1, 0.15) is 105 Å². The van der Waals surface area contributed by atoms with E-state index in [1.54, 1.807) is 0 Å². The third-order valence-electron chi connectivity index (χ3n) is 9.72. The summed E-state index contributed by atoms with van der Waals surface area (Å²) in [5, 5.41) is -6.55. The molecule has 2 aliphatic carbocycles. The lowest BCUT2D eigenvalue weighted by atomic mass is 9.64. The molecule has 2 aliphatic rings. The zero-order valence-electron chi connectivity index (χ0n) is 42.0. The van der Waals surface area contributed by atoms with E-state index in [1.165, 1.54) is 28.1 Å². The second-order valence-electron chi connectivity index (χ2n) is 17.0. The van der Waals surface area contributed by atoms with Gasteiger partial charge in [-0.05, 0) is 13.8 Å². The summed E-state index contributed by atoms with van der Waals surface area (Å²) in [7, 11) is -22.4. The van der Waals surface area contributed by atoms with Gasteiger partial charge in [-0.1, -0.05) is 0 Å². The Kier molecular flexibility index (Phi) is 30.3. The molecule has 5 unspecified atom stereocenters. The Balaban J connectivity index is 2.85. The van der Waals surface area contributed by atoms with Crippen LogP contribution in [0.25, 0.3) is 0 Å². The van der Waals surface area contributed by atoms with E-state index in [4.69, 9.17) is 87.6 Å². The highest BCUT2D eigenvalue weighted by Gasteiger charge is 2.63. The number of hydrogen-bond acceptors (Lipinski definition) is 25. The molecule has 0 aromatic rings. The number of phosphoric ester groups is 8. The van der Waals surface area contributed by atoms with E-state index in [2.05, 4.69) is 22.6 Å². The molecule has 0 saturated heterocycles. The van der Waals surface area contributed by atoms with Crippen LogP contribution in [-0.4, -0.2) is 273 Å². The van der Waals surface area contributed by atoms with Gasteiger partial charge in [-0.15, -0.1) is 0 Å². The summed E-state index contributed by atoms with van der Waals surface area (Å²) in [5.41, 5.74) is 0. The van der Waals surface area contributed by atoms with Crippen LogP contribution in [0.15, 0.2) is 0 Å². The average molecular weight is 1340 g/mol. The summed E-state index contributed by atoms with van der Waals surface area (Å²) in [6.45, 7) is -2.44. The molecule has 0 bridgehead atoms. The van der Waals surface area contributed by atoms with Gasteiger partial charge in [0.15, 0.2) is 0 Å². The van der Waals surface area contributed by atoms with Crippen molar-refractivity contribution in [2.75, 3.05) is 67.1 Å². The molecule has 14 atom stereocenters. The van der Waals surface area contributed by atoms with Gasteiger partial charge in [0.25, 0.3) is 0 Å². The summed E-state index contributed by atoms with van der Waals surface area (Å²) in [6, 6.07) is 0. The van der Waals surface area contributed by atoms with E-state index in [0.29, 0.717) is 0 Å². The fourth-order valence-electron chi connectivity index (χ4n) is 7.50. The van der Waals surface area contributed by atoms with E-state index in [1.807, 2.05) is 0 Å². The van der Waals surface area contributed by atoms with Gasteiger partial charge in [0.05, 0.1) is 65.1 Å². The topological polar surface area (TPSA) is 617 Å². The van der Waals surface area contributed by atoms with Gasteiger partial charge in [-0.3, -0.25) is 36.2 Å². The standard InChI is InChI=1S/C28H58B4O41P8/c1-13(9-57-3)60-5-7-62-15-19(66-74(33,34)35)16(63-8-6-61-14(2)10-58-4)21(68-76(39,40)41)17(20(15)67-75(36,37)38)64-27(29,30)11-59-12-28(31,32)65-18-22(69-77(42,43)44)24(71-79(48,49)50)26(73-81(54,55)56)25(72-80(51,52)53)23(18)70-78(45,46)47/h13-26H,5-12H2,1-4H3,(H2,33,34,35)(H2,36,37,38)(H2,39,40,41)(H2,42,43,44)(H2,45,46,47)(H2,48,49,50)(H2,51,52,53)(H2,54,55,56)/t13-,14?,15-,16+,17?,18?,19?,20+,21-,22-,23+,24+,25-,26?/m1/s1. The first-order valence-electron chi connectivity index (χ1n) is 21.8. The van der Waals surface area contributed by atoms with E-state index in [-0.39, 0.29) is 13.2 Å². The van der Waals surface area contributed by atoms with Crippen LogP contribution in [0.4, 0.5) is 0 Å². The molecule has 0 spiro atoms. The first-order valence-corrected chi connectivity index (χ1v) is 34.0. The summed E-state index contributed by atoms with van der Waals surface area (Å²) >= 11 is 0. The van der Waals surface area contributed by atoms with Crippen LogP contribution >= 0.6 is 62.6 Å². The zero-order valence-corrected chi connectivity index (χ0v) is 49.1. The summed E-state index contributed by atoms with van der Waals surface area (Å²) < 4.78 is 184. The lowest BCUT2D eigenvalue weighted by molar-refractivity contribution is -0.257. The minimum absolute atomic E-state index is 0.00667. The van der Waals surface area contributed by atoms with Crippen molar-refractivity contribution in [3.63, 3.8) is 0 Å². The summed E-state index contributed by atoms with van der Waals surface area (Å²) in [4.78, 5) is 158. The van der Waals surface area contributed by atoms with E-state index >= 15 is 0 Å². The molecule has 81 heavy (non-hydrogen) atoms. The molecular weight excluding hydrogens is 1280 g/mol. The molecule has 0 aromatic heterocycles. The molecule has 0 amide bonds. The van der Waals surface area contributed by atoms with Crippen molar-refractivity contribution in [2.24, 2.45) is 0 Å². The molecule has 16 N–H and O–H groups in total. The minimum Gasteiger partial charge on any atom is -0.383 e. The Morgan fingerprint density at radius 3 is 0.753 bits per heavy atom. The Labute approximate surface area is 463 Å². The second-order valence-corrected chi connectivity index (χ2v) is 26.5. The fraction of sp³-hybridized carbons (Fsp3) is 1.00. The van der Waals surface area contributed by atoms with Gasteiger partial charge in [-0.25, -0.2) is 36.5 Å². The van der Waals surface area contributed by atoms with Gasteiger partial charge >= 0.3 is 62.6 Å². The van der Waals surface area contributed by atoms with Gasteiger partial charge < -0.3 is 121 Å². The van der Waals surface area contributed by atoms with Crippen molar-refractivity contribution in [1.29, 1.82) is 0 Å². The molecular formula is C28H58B4O41P8. The maximum absolute atomic E-state index is 12.7. The van der Waals surface area contributed by atoms with Crippen LogP contribution in [0.5, 0.6) is 0 Å². The quantitative estimate of drug-likeness (QED) is 0.0156. The van der Waals surface area contributed by atoms with Gasteiger partial charge in [-0.2, -0.15) is 0 Å². The number of methoxy groups -OCH3 is 2. The van der Waals surface area contributed by atoms with Crippen LogP contribution in [0.2, 0.25) is 0 Å². The van der Waals surface area contributed by atoms with Crippen LogP contribution in [0.1, 0.15) is 13.8 Å². The van der Waals surface area contributed by atoms with Gasteiger partial charge in [0, 0.05) is 25.0 Å². The third-order valence-corrected chi connectivity index (χ3v) is 13.9. The van der Waals surface area contributed by atoms with Crippen molar-refractivity contribution >= 4 is 94.0 Å². The number of rotatable bonds is 38. The lowest BCUT2D eigenvalue weighted by Crippen LogP contribution is -2.69. The van der Waals surface area contributed by atoms with Crippen molar-refractivity contribution < 1.29 is 194 Å². The predicted octanol–water partition coefficient (Wildman–Crippen LogP) is -5.52. The highest BCUT2D eigenvalue weighted by atomic mass is 31.2. The Hall–Kier alpha value is 0.780. The molecule has 0 heterocycles. The maximum atomic E-state index is 12.7. The highest BCUT2D eigenvalue weighted by molar-refractivity contribution is 7.48. The highest BCUT2D eigenvalue weighted by Crippen LogP contribution is 2.57.